The van der Waals surface area contributed by atoms with Crippen molar-refractivity contribution in [1.29, 1.82) is 0 Å². The van der Waals surface area contributed by atoms with Crippen LogP contribution in [0.3, 0.4) is 0 Å². The zero-order valence-electron chi connectivity index (χ0n) is 12.8. The predicted octanol–water partition coefficient (Wildman–Crippen LogP) is 3.62. The smallest absolute Gasteiger partial charge is 0.224 e. The molecule has 0 spiro atoms. The molecule has 0 atom stereocenters. The molecule has 2 aromatic rings. The molecule has 0 saturated heterocycles. The molecule has 0 saturated carbocycles. The van der Waals surface area contributed by atoms with Crippen molar-refractivity contribution in [2.24, 2.45) is 0 Å². The Labute approximate surface area is 146 Å². The van der Waals surface area contributed by atoms with Crippen molar-refractivity contribution in [1.82, 2.24) is 10.6 Å². The van der Waals surface area contributed by atoms with Gasteiger partial charge < -0.3 is 16.0 Å². The van der Waals surface area contributed by atoms with Gasteiger partial charge in [0.2, 0.25) is 5.91 Å². The number of benzene rings is 2. The van der Waals surface area contributed by atoms with Crippen LogP contribution in [0.5, 0.6) is 0 Å². The van der Waals surface area contributed by atoms with E-state index in [4.69, 9.17) is 23.2 Å². The van der Waals surface area contributed by atoms with Gasteiger partial charge in [-0.2, -0.15) is 0 Å². The molecule has 2 rings (SSSR count). The topological polar surface area (TPSA) is 53.2 Å². The molecule has 3 N–H and O–H groups in total. The highest BCUT2D eigenvalue weighted by Crippen LogP contribution is 2.33. The van der Waals surface area contributed by atoms with Crippen molar-refractivity contribution >= 4 is 40.5 Å². The number of anilines is 2. The number of hydrogen-bond donors (Lipinski definition) is 3. The van der Waals surface area contributed by atoms with Crippen LogP contribution in [0.2, 0.25) is 10.0 Å². The summed E-state index contributed by atoms with van der Waals surface area (Å²) in [6, 6.07) is 12.9. The molecule has 4 nitrogen and oxygen atoms in total. The van der Waals surface area contributed by atoms with Gasteiger partial charge in [-0.3, -0.25) is 4.79 Å². The second-order valence-corrected chi connectivity index (χ2v) is 5.82. The Kier molecular flexibility index (Phi) is 6.71. The van der Waals surface area contributed by atoms with Gasteiger partial charge in [-0.15, -0.1) is 0 Å². The summed E-state index contributed by atoms with van der Waals surface area (Å²) in [5.41, 5.74) is 2.33. The van der Waals surface area contributed by atoms with Gasteiger partial charge >= 0.3 is 0 Å². The first kappa shape index (κ1) is 17.6. The van der Waals surface area contributed by atoms with Gasteiger partial charge in [-0.05, 0) is 30.8 Å². The van der Waals surface area contributed by atoms with Gasteiger partial charge in [0.05, 0.1) is 22.2 Å². The molecule has 0 fully saturated rings. The first-order chi connectivity index (χ1) is 11.1. The summed E-state index contributed by atoms with van der Waals surface area (Å²) < 4.78 is 0. The zero-order chi connectivity index (χ0) is 16.7. The summed E-state index contributed by atoms with van der Waals surface area (Å²) >= 11 is 12.4. The molecule has 122 valence electrons. The molecule has 0 bridgehead atoms. The molecule has 2 aromatic carbocycles. The van der Waals surface area contributed by atoms with E-state index in [1.807, 2.05) is 31.3 Å². The Bertz CT molecular complexity index is 656. The number of nitrogens with one attached hydrogen (secondary N) is 3. The third-order valence-electron chi connectivity index (χ3n) is 3.29. The van der Waals surface area contributed by atoms with Crippen molar-refractivity contribution < 1.29 is 4.79 Å². The Morgan fingerprint density at radius 2 is 1.70 bits per heavy atom. The molecule has 0 aliphatic rings. The lowest BCUT2D eigenvalue weighted by atomic mass is 10.1. The van der Waals surface area contributed by atoms with Crippen molar-refractivity contribution in [3.05, 3.63) is 58.1 Å². The number of carbonyl (C=O) groups excluding carboxylic acids is 1. The third-order valence-corrected chi connectivity index (χ3v) is 3.92. The van der Waals surface area contributed by atoms with E-state index in [2.05, 4.69) is 16.0 Å². The van der Waals surface area contributed by atoms with Gasteiger partial charge in [0, 0.05) is 18.8 Å². The first-order valence-corrected chi connectivity index (χ1v) is 8.07. The van der Waals surface area contributed by atoms with Crippen LogP contribution < -0.4 is 16.0 Å². The second-order valence-electron chi connectivity index (χ2n) is 5.01. The lowest BCUT2D eigenvalue weighted by Gasteiger charge is -2.14. The largest absolute Gasteiger partial charge is 0.355 e. The monoisotopic (exact) mass is 351 g/mol. The molecular weight excluding hydrogens is 333 g/mol. The molecule has 0 radical (unpaired) electrons. The fourth-order valence-corrected chi connectivity index (χ4v) is 2.60. The number of amides is 1. The van der Waals surface area contributed by atoms with Crippen LogP contribution in [-0.2, 0) is 11.2 Å². The highest BCUT2D eigenvalue weighted by atomic mass is 35.5. The second kappa shape index (κ2) is 8.77. The fourth-order valence-electron chi connectivity index (χ4n) is 2.11. The zero-order valence-corrected chi connectivity index (χ0v) is 14.3. The predicted molar refractivity (Wildman–Crippen MR) is 96.8 cm³/mol. The lowest BCUT2D eigenvalue weighted by Crippen LogP contribution is -2.31. The Morgan fingerprint density at radius 1 is 1.00 bits per heavy atom. The average molecular weight is 352 g/mol. The summed E-state index contributed by atoms with van der Waals surface area (Å²) in [6.07, 6.45) is 0.287. The SMILES string of the molecule is CNCCNC(=O)Cc1ccccc1Nc1c(Cl)cccc1Cl. The number of carbonyl (C=O) groups is 1. The average Bonchev–Trinajstić information content (AvgIpc) is 2.53. The lowest BCUT2D eigenvalue weighted by molar-refractivity contribution is -0.120. The van der Waals surface area contributed by atoms with Crippen molar-refractivity contribution in [3.8, 4) is 0 Å². The maximum Gasteiger partial charge on any atom is 0.224 e. The quantitative estimate of drug-likeness (QED) is 0.667. The first-order valence-electron chi connectivity index (χ1n) is 7.32. The van der Waals surface area contributed by atoms with Crippen molar-refractivity contribution in [2.45, 2.75) is 6.42 Å². The molecule has 0 aliphatic heterocycles. The standard InChI is InChI=1S/C17H19Cl2N3O/c1-20-9-10-21-16(23)11-12-5-2-3-8-15(12)22-17-13(18)6-4-7-14(17)19/h2-8,20,22H,9-11H2,1H3,(H,21,23). The van der Waals surface area contributed by atoms with E-state index in [0.29, 0.717) is 22.3 Å². The minimum atomic E-state index is -0.0280. The molecule has 0 aliphatic carbocycles. The van der Waals surface area contributed by atoms with Crippen LogP contribution >= 0.6 is 23.2 Å². The summed E-state index contributed by atoms with van der Waals surface area (Å²) in [4.78, 5) is 12.0. The van der Waals surface area contributed by atoms with Crippen LogP contribution in [0.1, 0.15) is 5.56 Å². The highest BCUT2D eigenvalue weighted by Gasteiger charge is 2.11. The van der Waals surface area contributed by atoms with Gasteiger partial charge in [0.15, 0.2) is 0 Å². The van der Waals surface area contributed by atoms with Gasteiger partial charge in [0.25, 0.3) is 0 Å². The molecule has 6 heteroatoms. The summed E-state index contributed by atoms with van der Waals surface area (Å²) in [5, 5.41) is 10.1. The van der Waals surface area contributed by atoms with E-state index in [1.54, 1.807) is 18.2 Å². The molecule has 0 heterocycles. The Balaban J connectivity index is 2.13. The van der Waals surface area contributed by atoms with Crippen molar-refractivity contribution in [3.63, 3.8) is 0 Å². The molecule has 1 amide bonds. The van der Waals surface area contributed by atoms with E-state index in [-0.39, 0.29) is 12.3 Å². The van der Waals surface area contributed by atoms with Crippen molar-refractivity contribution in [2.75, 3.05) is 25.5 Å². The summed E-state index contributed by atoms with van der Waals surface area (Å²) in [7, 11) is 1.85. The highest BCUT2D eigenvalue weighted by molar-refractivity contribution is 6.39. The van der Waals surface area contributed by atoms with E-state index < -0.39 is 0 Å². The molecular formula is C17H19Cl2N3O. The molecule has 0 unspecified atom stereocenters. The number of halogens is 2. The third kappa shape index (κ3) is 5.13. The van der Waals surface area contributed by atoms with Gasteiger partial charge in [-0.1, -0.05) is 47.5 Å². The fraction of sp³-hybridized carbons (Fsp3) is 0.235. The van der Waals surface area contributed by atoms with E-state index in [0.717, 1.165) is 17.8 Å². The Hall–Kier alpha value is -1.75. The number of rotatable bonds is 7. The van der Waals surface area contributed by atoms with Crippen LogP contribution in [-0.4, -0.2) is 26.0 Å². The number of likely N-dealkylation sites (N-methyl/N-ethyl adjacent to an activating group) is 1. The van der Waals surface area contributed by atoms with Crippen LogP contribution in [0.25, 0.3) is 0 Å². The number of hydrogen-bond acceptors (Lipinski definition) is 3. The minimum Gasteiger partial charge on any atom is -0.355 e. The maximum atomic E-state index is 12.0. The molecule has 23 heavy (non-hydrogen) atoms. The summed E-state index contributed by atoms with van der Waals surface area (Å²) in [5.74, 6) is -0.0280. The number of para-hydroxylation sites is 2. The molecule has 0 aromatic heterocycles. The van der Waals surface area contributed by atoms with E-state index in [1.165, 1.54) is 0 Å². The van der Waals surface area contributed by atoms with Gasteiger partial charge in [-0.25, -0.2) is 0 Å². The van der Waals surface area contributed by atoms with Crippen LogP contribution in [0.15, 0.2) is 42.5 Å². The normalized spacial score (nSPS) is 10.4. The van der Waals surface area contributed by atoms with E-state index in [9.17, 15) is 4.79 Å². The van der Waals surface area contributed by atoms with Crippen LogP contribution in [0.4, 0.5) is 11.4 Å². The summed E-state index contributed by atoms with van der Waals surface area (Å²) in [6.45, 7) is 1.34. The minimum absolute atomic E-state index is 0.0280. The van der Waals surface area contributed by atoms with Gasteiger partial charge in [0.1, 0.15) is 0 Å². The maximum absolute atomic E-state index is 12.0. The van der Waals surface area contributed by atoms with E-state index >= 15 is 0 Å². The Morgan fingerprint density at radius 3 is 2.39 bits per heavy atom. The van der Waals surface area contributed by atoms with Crippen LogP contribution in [0, 0.1) is 0 Å².